The SMILES string of the molecule is COc1cccc(C2CC(NC(C)CCC(C)C)C2)c1. The fourth-order valence-corrected chi connectivity index (χ4v) is 2.99. The molecule has 0 saturated heterocycles. The van der Waals surface area contributed by atoms with Crippen LogP contribution in [0.4, 0.5) is 0 Å². The maximum Gasteiger partial charge on any atom is 0.119 e. The van der Waals surface area contributed by atoms with Crippen LogP contribution >= 0.6 is 0 Å². The van der Waals surface area contributed by atoms with Crippen molar-refractivity contribution in [2.75, 3.05) is 7.11 Å². The third-order valence-corrected chi connectivity index (χ3v) is 4.40. The molecule has 20 heavy (non-hydrogen) atoms. The molecule has 0 spiro atoms. The summed E-state index contributed by atoms with van der Waals surface area (Å²) in [4.78, 5) is 0. The summed E-state index contributed by atoms with van der Waals surface area (Å²) in [7, 11) is 1.74. The van der Waals surface area contributed by atoms with Gasteiger partial charge in [0.1, 0.15) is 5.75 Å². The minimum Gasteiger partial charge on any atom is -0.497 e. The molecule has 1 saturated carbocycles. The van der Waals surface area contributed by atoms with Gasteiger partial charge in [0.25, 0.3) is 0 Å². The summed E-state index contributed by atoms with van der Waals surface area (Å²) in [6.07, 6.45) is 5.14. The molecule has 0 amide bonds. The molecule has 2 heteroatoms. The van der Waals surface area contributed by atoms with E-state index in [1.807, 2.05) is 6.07 Å². The van der Waals surface area contributed by atoms with E-state index in [4.69, 9.17) is 4.74 Å². The molecule has 1 aromatic carbocycles. The zero-order chi connectivity index (χ0) is 14.5. The van der Waals surface area contributed by atoms with Gasteiger partial charge in [-0.15, -0.1) is 0 Å². The molecular formula is C18H29NO. The van der Waals surface area contributed by atoms with Crippen LogP contribution in [0.15, 0.2) is 24.3 Å². The molecule has 1 atom stereocenters. The van der Waals surface area contributed by atoms with Crippen molar-refractivity contribution in [2.24, 2.45) is 5.92 Å². The Labute approximate surface area is 123 Å². The Hall–Kier alpha value is -1.02. The van der Waals surface area contributed by atoms with Gasteiger partial charge in [-0.05, 0) is 62.1 Å². The Morgan fingerprint density at radius 2 is 1.95 bits per heavy atom. The van der Waals surface area contributed by atoms with Gasteiger partial charge in [0.15, 0.2) is 0 Å². The van der Waals surface area contributed by atoms with Gasteiger partial charge in [0.05, 0.1) is 7.11 Å². The first-order valence-electron chi connectivity index (χ1n) is 7.98. The summed E-state index contributed by atoms with van der Waals surface area (Å²) in [5.74, 6) is 2.49. The number of rotatable bonds is 7. The van der Waals surface area contributed by atoms with Gasteiger partial charge in [-0.25, -0.2) is 0 Å². The van der Waals surface area contributed by atoms with Crippen LogP contribution in [0.2, 0.25) is 0 Å². The summed E-state index contributed by atoms with van der Waals surface area (Å²) in [6, 6.07) is 9.88. The minimum atomic E-state index is 0.647. The first-order chi connectivity index (χ1) is 9.58. The lowest BCUT2D eigenvalue weighted by Gasteiger charge is -2.38. The molecule has 1 N–H and O–H groups in total. The highest BCUT2D eigenvalue weighted by Gasteiger charge is 2.30. The second kappa shape index (κ2) is 7.12. The highest BCUT2D eigenvalue weighted by Crippen LogP contribution is 2.38. The van der Waals surface area contributed by atoms with Crippen molar-refractivity contribution in [2.45, 2.75) is 64.5 Å². The normalized spacial score (nSPS) is 23.4. The molecule has 0 aliphatic heterocycles. The van der Waals surface area contributed by atoms with Crippen molar-refractivity contribution in [1.29, 1.82) is 0 Å². The third kappa shape index (κ3) is 4.24. The molecule has 1 aliphatic carbocycles. The summed E-state index contributed by atoms with van der Waals surface area (Å²) >= 11 is 0. The lowest BCUT2D eigenvalue weighted by molar-refractivity contribution is 0.260. The Morgan fingerprint density at radius 1 is 1.20 bits per heavy atom. The van der Waals surface area contributed by atoms with Crippen LogP contribution in [0.5, 0.6) is 5.75 Å². The molecular weight excluding hydrogens is 246 g/mol. The first kappa shape index (κ1) is 15.4. The highest BCUT2D eigenvalue weighted by molar-refractivity contribution is 5.32. The largest absolute Gasteiger partial charge is 0.497 e. The van der Waals surface area contributed by atoms with Crippen LogP contribution in [0.3, 0.4) is 0 Å². The minimum absolute atomic E-state index is 0.647. The quantitative estimate of drug-likeness (QED) is 0.798. The maximum atomic E-state index is 5.30. The number of nitrogens with one attached hydrogen (secondary N) is 1. The number of benzene rings is 1. The highest BCUT2D eigenvalue weighted by atomic mass is 16.5. The van der Waals surface area contributed by atoms with Crippen molar-refractivity contribution in [1.82, 2.24) is 5.32 Å². The zero-order valence-corrected chi connectivity index (χ0v) is 13.4. The average molecular weight is 275 g/mol. The van der Waals surface area contributed by atoms with E-state index in [0.29, 0.717) is 18.0 Å². The predicted octanol–water partition coefficient (Wildman–Crippen LogP) is 4.36. The van der Waals surface area contributed by atoms with Crippen LogP contribution in [0.25, 0.3) is 0 Å². The molecule has 112 valence electrons. The van der Waals surface area contributed by atoms with E-state index in [0.717, 1.165) is 11.7 Å². The Balaban J connectivity index is 1.74. The number of hydrogen-bond acceptors (Lipinski definition) is 2. The monoisotopic (exact) mass is 275 g/mol. The third-order valence-electron chi connectivity index (χ3n) is 4.40. The van der Waals surface area contributed by atoms with Crippen LogP contribution in [0, 0.1) is 5.92 Å². The van der Waals surface area contributed by atoms with Crippen LogP contribution in [-0.4, -0.2) is 19.2 Å². The molecule has 0 heterocycles. The van der Waals surface area contributed by atoms with Crippen molar-refractivity contribution in [3.05, 3.63) is 29.8 Å². The fraction of sp³-hybridized carbons (Fsp3) is 0.667. The van der Waals surface area contributed by atoms with Crippen LogP contribution in [-0.2, 0) is 0 Å². The Morgan fingerprint density at radius 3 is 2.60 bits per heavy atom. The fourth-order valence-electron chi connectivity index (χ4n) is 2.99. The van der Waals surface area contributed by atoms with Gasteiger partial charge in [0, 0.05) is 12.1 Å². The Kier molecular flexibility index (Phi) is 5.47. The van der Waals surface area contributed by atoms with Gasteiger partial charge < -0.3 is 10.1 Å². The molecule has 0 radical (unpaired) electrons. The van der Waals surface area contributed by atoms with E-state index in [1.54, 1.807) is 7.11 Å². The van der Waals surface area contributed by atoms with Crippen molar-refractivity contribution < 1.29 is 4.74 Å². The number of ether oxygens (including phenoxy) is 1. The van der Waals surface area contributed by atoms with E-state index in [2.05, 4.69) is 44.3 Å². The second-order valence-corrected chi connectivity index (χ2v) is 6.68. The van der Waals surface area contributed by atoms with E-state index in [9.17, 15) is 0 Å². The maximum absolute atomic E-state index is 5.30. The van der Waals surface area contributed by atoms with Gasteiger partial charge in [-0.3, -0.25) is 0 Å². The summed E-state index contributed by atoms with van der Waals surface area (Å²) in [5, 5.41) is 3.77. The standard InChI is InChI=1S/C18H29NO/c1-13(2)8-9-14(3)19-17-10-16(11-17)15-6-5-7-18(12-15)20-4/h5-7,12-14,16-17,19H,8-11H2,1-4H3. The second-order valence-electron chi connectivity index (χ2n) is 6.68. The molecule has 1 fully saturated rings. The molecule has 0 bridgehead atoms. The summed E-state index contributed by atoms with van der Waals surface area (Å²) < 4.78 is 5.30. The average Bonchev–Trinajstić information content (AvgIpc) is 2.40. The Bertz CT molecular complexity index is 410. The lowest BCUT2D eigenvalue weighted by Crippen LogP contribution is -2.44. The molecule has 1 aliphatic rings. The van der Waals surface area contributed by atoms with Gasteiger partial charge in [0.2, 0.25) is 0 Å². The van der Waals surface area contributed by atoms with E-state index in [1.165, 1.54) is 31.2 Å². The van der Waals surface area contributed by atoms with Crippen molar-refractivity contribution in [3.63, 3.8) is 0 Å². The van der Waals surface area contributed by atoms with Crippen LogP contribution in [0.1, 0.15) is 57.9 Å². The van der Waals surface area contributed by atoms with Gasteiger partial charge >= 0.3 is 0 Å². The zero-order valence-electron chi connectivity index (χ0n) is 13.4. The first-order valence-corrected chi connectivity index (χ1v) is 7.98. The topological polar surface area (TPSA) is 21.3 Å². The summed E-state index contributed by atoms with van der Waals surface area (Å²) in [6.45, 7) is 6.92. The van der Waals surface area contributed by atoms with Gasteiger partial charge in [-0.2, -0.15) is 0 Å². The molecule has 2 rings (SSSR count). The van der Waals surface area contributed by atoms with E-state index >= 15 is 0 Å². The molecule has 2 nitrogen and oxygen atoms in total. The van der Waals surface area contributed by atoms with Gasteiger partial charge in [-0.1, -0.05) is 26.0 Å². The molecule has 1 unspecified atom stereocenters. The van der Waals surface area contributed by atoms with E-state index in [-0.39, 0.29) is 0 Å². The summed E-state index contributed by atoms with van der Waals surface area (Å²) in [5.41, 5.74) is 1.43. The van der Waals surface area contributed by atoms with Crippen molar-refractivity contribution in [3.8, 4) is 5.75 Å². The van der Waals surface area contributed by atoms with Crippen molar-refractivity contribution >= 4 is 0 Å². The predicted molar refractivity (Wildman–Crippen MR) is 85.4 cm³/mol. The molecule has 1 aromatic rings. The van der Waals surface area contributed by atoms with E-state index < -0.39 is 0 Å². The number of hydrogen-bond donors (Lipinski definition) is 1. The lowest BCUT2D eigenvalue weighted by atomic mass is 9.75. The molecule has 0 aromatic heterocycles. The number of methoxy groups -OCH3 is 1. The van der Waals surface area contributed by atoms with Crippen LogP contribution < -0.4 is 10.1 Å². The smallest absolute Gasteiger partial charge is 0.119 e.